The van der Waals surface area contributed by atoms with Crippen LogP contribution in [-0.2, 0) is 13.6 Å². The van der Waals surface area contributed by atoms with Crippen LogP contribution in [0.5, 0.6) is 0 Å². The van der Waals surface area contributed by atoms with Gasteiger partial charge in [-0.1, -0.05) is 60.7 Å². The molecule has 0 aliphatic heterocycles. The van der Waals surface area contributed by atoms with Gasteiger partial charge in [-0.15, -0.1) is 0 Å². The fraction of sp³-hybridized carbons (Fsp3) is 0.286. The molecule has 3 aromatic rings. The van der Waals surface area contributed by atoms with Crippen molar-refractivity contribution in [3.8, 4) is 11.3 Å². The van der Waals surface area contributed by atoms with E-state index in [9.17, 15) is 5.11 Å². The molecule has 4 heteroatoms. The van der Waals surface area contributed by atoms with Gasteiger partial charge in [0, 0.05) is 37.0 Å². The minimum Gasteiger partial charge on any atom is -0.388 e. The van der Waals surface area contributed by atoms with Gasteiger partial charge in [-0.2, -0.15) is 5.10 Å². The van der Waals surface area contributed by atoms with Gasteiger partial charge < -0.3 is 10.4 Å². The maximum absolute atomic E-state index is 10.4. The number of aryl methyl sites for hydroxylation is 1. The number of hydrogen-bond acceptors (Lipinski definition) is 3. The van der Waals surface area contributed by atoms with Crippen molar-refractivity contribution in [2.75, 3.05) is 0 Å². The average molecular weight is 335 g/mol. The molecule has 0 bridgehead atoms. The fourth-order valence-corrected chi connectivity index (χ4v) is 3.02. The predicted octanol–water partition coefficient (Wildman–Crippen LogP) is 3.69. The van der Waals surface area contributed by atoms with Gasteiger partial charge in [0.25, 0.3) is 0 Å². The molecule has 4 nitrogen and oxygen atoms in total. The summed E-state index contributed by atoms with van der Waals surface area (Å²) < 4.78 is 1.85. The van der Waals surface area contributed by atoms with Gasteiger partial charge in [-0.25, -0.2) is 0 Å². The summed E-state index contributed by atoms with van der Waals surface area (Å²) in [6, 6.07) is 20.2. The van der Waals surface area contributed by atoms with E-state index in [1.54, 1.807) is 0 Å². The van der Waals surface area contributed by atoms with Gasteiger partial charge in [0.05, 0.1) is 11.8 Å². The third-order valence-electron chi connectivity index (χ3n) is 4.35. The first-order chi connectivity index (χ1) is 12.1. The molecule has 0 spiro atoms. The third-order valence-corrected chi connectivity index (χ3v) is 4.35. The standard InChI is InChI=1S/C21H25N3O/c1-16(13-20(25)17-9-5-3-6-10-17)22-14-19-15-24(2)23-21(19)18-11-7-4-8-12-18/h3-12,15-16,20,22,25H,13-14H2,1-2H3. The van der Waals surface area contributed by atoms with Crippen molar-refractivity contribution in [2.45, 2.75) is 32.0 Å². The molecular formula is C21H25N3O. The summed E-state index contributed by atoms with van der Waals surface area (Å²) in [4.78, 5) is 0. The third kappa shape index (κ3) is 4.56. The normalized spacial score (nSPS) is 13.6. The molecule has 1 aromatic heterocycles. The summed E-state index contributed by atoms with van der Waals surface area (Å²) in [6.45, 7) is 2.82. The number of nitrogens with zero attached hydrogens (tertiary/aromatic N) is 2. The van der Waals surface area contributed by atoms with Crippen LogP contribution in [0, 0.1) is 0 Å². The second-order valence-electron chi connectivity index (χ2n) is 6.49. The predicted molar refractivity (Wildman–Crippen MR) is 101 cm³/mol. The van der Waals surface area contributed by atoms with Crippen LogP contribution in [0.4, 0.5) is 0 Å². The van der Waals surface area contributed by atoms with E-state index in [2.05, 4.69) is 35.7 Å². The van der Waals surface area contributed by atoms with Gasteiger partial charge >= 0.3 is 0 Å². The minimum atomic E-state index is -0.453. The maximum atomic E-state index is 10.4. The molecule has 2 atom stereocenters. The van der Waals surface area contributed by atoms with E-state index in [1.165, 1.54) is 0 Å². The lowest BCUT2D eigenvalue weighted by atomic mass is 10.0. The highest BCUT2D eigenvalue weighted by Crippen LogP contribution is 2.22. The molecule has 1 heterocycles. The molecule has 0 fully saturated rings. The largest absolute Gasteiger partial charge is 0.388 e. The Hall–Kier alpha value is -2.43. The number of aliphatic hydroxyl groups excluding tert-OH is 1. The average Bonchev–Trinajstić information content (AvgIpc) is 3.02. The van der Waals surface area contributed by atoms with Crippen molar-refractivity contribution in [1.82, 2.24) is 15.1 Å². The molecule has 0 radical (unpaired) electrons. The Balaban J connectivity index is 1.62. The smallest absolute Gasteiger partial charge is 0.0967 e. The quantitative estimate of drug-likeness (QED) is 0.692. The Labute approximate surface area is 149 Å². The molecule has 130 valence electrons. The number of benzene rings is 2. The van der Waals surface area contributed by atoms with E-state index in [4.69, 9.17) is 0 Å². The van der Waals surface area contributed by atoms with Crippen LogP contribution in [-0.4, -0.2) is 20.9 Å². The molecule has 0 aliphatic rings. The van der Waals surface area contributed by atoms with Crippen LogP contribution in [0.15, 0.2) is 66.9 Å². The molecule has 0 amide bonds. The molecule has 2 unspecified atom stereocenters. The zero-order chi connectivity index (χ0) is 17.6. The van der Waals surface area contributed by atoms with Crippen molar-refractivity contribution in [2.24, 2.45) is 7.05 Å². The maximum Gasteiger partial charge on any atom is 0.0967 e. The van der Waals surface area contributed by atoms with E-state index < -0.39 is 6.10 Å². The second-order valence-corrected chi connectivity index (χ2v) is 6.49. The van der Waals surface area contributed by atoms with Gasteiger partial charge in [0.2, 0.25) is 0 Å². The van der Waals surface area contributed by atoms with Crippen molar-refractivity contribution in [3.63, 3.8) is 0 Å². The zero-order valence-electron chi connectivity index (χ0n) is 14.8. The van der Waals surface area contributed by atoms with E-state index >= 15 is 0 Å². The molecule has 0 saturated carbocycles. The van der Waals surface area contributed by atoms with E-state index in [0.29, 0.717) is 6.42 Å². The number of hydrogen-bond donors (Lipinski definition) is 2. The van der Waals surface area contributed by atoms with Crippen molar-refractivity contribution < 1.29 is 5.11 Å². The van der Waals surface area contributed by atoms with Crippen LogP contribution in [0.1, 0.15) is 30.6 Å². The lowest BCUT2D eigenvalue weighted by molar-refractivity contribution is 0.154. The molecule has 2 aromatic carbocycles. The summed E-state index contributed by atoms with van der Waals surface area (Å²) in [6.07, 6.45) is 2.27. The highest BCUT2D eigenvalue weighted by atomic mass is 16.3. The van der Waals surface area contributed by atoms with Crippen LogP contribution >= 0.6 is 0 Å². The van der Waals surface area contributed by atoms with E-state index in [0.717, 1.165) is 28.9 Å². The van der Waals surface area contributed by atoms with Crippen LogP contribution in [0.2, 0.25) is 0 Å². The summed E-state index contributed by atoms with van der Waals surface area (Å²) in [5, 5.41) is 18.5. The van der Waals surface area contributed by atoms with E-state index in [-0.39, 0.29) is 6.04 Å². The van der Waals surface area contributed by atoms with Gasteiger partial charge in [0.1, 0.15) is 0 Å². The van der Waals surface area contributed by atoms with Crippen LogP contribution in [0.25, 0.3) is 11.3 Å². The lowest BCUT2D eigenvalue weighted by Gasteiger charge is -2.18. The second kappa shape index (κ2) is 8.10. The number of nitrogens with one attached hydrogen (secondary N) is 1. The van der Waals surface area contributed by atoms with Crippen LogP contribution in [0.3, 0.4) is 0 Å². The van der Waals surface area contributed by atoms with Crippen molar-refractivity contribution >= 4 is 0 Å². The highest BCUT2D eigenvalue weighted by molar-refractivity contribution is 5.62. The van der Waals surface area contributed by atoms with E-state index in [1.807, 2.05) is 60.3 Å². The Morgan fingerprint density at radius 2 is 1.68 bits per heavy atom. The minimum absolute atomic E-state index is 0.194. The summed E-state index contributed by atoms with van der Waals surface area (Å²) >= 11 is 0. The Kier molecular flexibility index (Phi) is 5.64. The first-order valence-corrected chi connectivity index (χ1v) is 8.68. The lowest BCUT2D eigenvalue weighted by Crippen LogP contribution is -2.27. The van der Waals surface area contributed by atoms with Gasteiger partial charge in [-0.05, 0) is 18.9 Å². The summed E-state index contributed by atoms with van der Waals surface area (Å²) in [5.41, 5.74) is 4.25. The summed E-state index contributed by atoms with van der Waals surface area (Å²) in [5.74, 6) is 0. The topological polar surface area (TPSA) is 50.1 Å². The Bertz CT molecular complexity index is 783. The SMILES string of the molecule is CC(CC(O)c1ccccc1)NCc1cn(C)nc1-c1ccccc1. The number of rotatable bonds is 7. The van der Waals surface area contributed by atoms with Crippen molar-refractivity contribution in [3.05, 3.63) is 78.0 Å². The van der Waals surface area contributed by atoms with Crippen molar-refractivity contribution in [1.29, 1.82) is 0 Å². The Morgan fingerprint density at radius 1 is 1.04 bits per heavy atom. The molecule has 3 rings (SSSR count). The zero-order valence-corrected chi connectivity index (χ0v) is 14.8. The molecule has 2 N–H and O–H groups in total. The first-order valence-electron chi connectivity index (χ1n) is 8.68. The van der Waals surface area contributed by atoms with Crippen LogP contribution < -0.4 is 5.32 Å². The molecule has 0 saturated heterocycles. The number of aliphatic hydroxyl groups is 1. The number of aromatic nitrogens is 2. The Morgan fingerprint density at radius 3 is 2.36 bits per heavy atom. The summed E-state index contributed by atoms with van der Waals surface area (Å²) in [7, 11) is 1.94. The first kappa shape index (κ1) is 17.4. The van der Waals surface area contributed by atoms with Gasteiger partial charge in [0.15, 0.2) is 0 Å². The molecular weight excluding hydrogens is 310 g/mol. The molecule has 0 aliphatic carbocycles. The fourth-order valence-electron chi connectivity index (χ4n) is 3.02. The van der Waals surface area contributed by atoms with Gasteiger partial charge in [-0.3, -0.25) is 4.68 Å². The monoisotopic (exact) mass is 335 g/mol. The highest BCUT2D eigenvalue weighted by Gasteiger charge is 2.14. The molecule has 25 heavy (non-hydrogen) atoms.